The van der Waals surface area contributed by atoms with Gasteiger partial charge in [0.05, 0.1) is 10.6 Å². The van der Waals surface area contributed by atoms with Gasteiger partial charge >= 0.3 is 0 Å². The molecule has 2 unspecified atom stereocenters. The number of carbonyl (C=O) groups is 1. The molecule has 28 heavy (non-hydrogen) atoms. The van der Waals surface area contributed by atoms with E-state index in [4.69, 9.17) is 0 Å². The predicted octanol–water partition coefficient (Wildman–Crippen LogP) is 3.15. The monoisotopic (exact) mass is 397 g/mol. The molecule has 4 heterocycles. The molecule has 2 fully saturated rings. The Balaban J connectivity index is 1.45. The lowest BCUT2D eigenvalue weighted by Gasteiger charge is -2.29. The number of hydrogen-bond acceptors (Lipinski definition) is 5. The molecule has 0 aliphatic carbocycles. The Labute approximate surface area is 165 Å². The summed E-state index contributed by atoms with van der Waals surface area (Å²) in [5.74, 6) is 0.00948. The standard InChI is InChI=1S/C20H20FN5OS/c21-12-3-1-4-16(9-12)26-19(17-5-2-8-28-17)24-18(25-26)20(27)23-15-10-13-6-7-14(11-15)22-13/h1-5,8-9,13-15,22H,6-7,10-11H2,(H,23,27). The summed E-state index contributed by atoms with van der Waals surface area (Å²) in [6, 6.07) is 11.1. The number of halogens is 1. The maximum atomic E-state index is 13.7. The molecule has 0 radical (unpaired) electrons. The fourth-order valence-corrected chi connectivity index (χ4v) is 4.88. The van der Waals surface area contributed by atoms with Crippen LogP contribution in [0.5, 0.6) is 0 Å². The van der Waals surface area contributed by atoms with Crippen molar-refractivity contribution in [3.63, 3.8) is 0 Å². The molecule has 2 N–H and O–H groups in total. The highest BCUT2D eigenvalue weighted by molar-refractivity contribution is 7.13. The fourth-order valence-electron chi connectivity index (χ4n) is 4.19. The van der Waals surface area contributed by atoms with Crippen LogP contribution in [0.15, 0.2) is 41.8 Å². The van der Waals surface area contributed by atoms with E-state index in [0.29, 0.717) is 23.6 Å². The molecule has 144 valence electrons. The van der Waals surface area contributed by atoms with Crippen molar-refractivity contribution in [2.24, 2.45) is 0 Å². The minimum atomic E-state index is -0.360. The zero-order chi connectivity index (χ0) is 19.1. The zero-order valence-corrected chi connectivity index (χ0v) is 16.0. The molecule has 2 aromatic heterocycles. The quantitative estimate of drug-likeness (QED) is 0.710. The van der Waals surface area contributed by atoms with Crippen LogP contribution in [0.1, 0.15) is 36.3 Å². The summed E-state index contributed by atoms with van der Waals surface area (Å²) in [6.45, 7) is 0. The summed E-state index contributed by atoms with van der Waals surface area (Å²) in [5.41, 5.74) is 0.537. The highest BCUT2D eigenvalue weighted by Crippen LogP contribution is 2.28. The van der Waals surface area contributed by atoms with Gasteiger partial charge in [-0.25, -0.2) is 14.1 Å². The number of nitrogens with zero attached hydrogens (tertiary/aromatic N) is 3. The van der Waals surface area contributed by atoms with Gasteiger partial charge < -0.3 is 10.6 Å². The lowest BCUT2D eigenvalue weighted by Crippen LogP contribution is -2.48. The molecule has 5 rings (SSSR count). The van der Waals surface area contributed by atoms with Gasteiger partial charge in [0, 0.05) is 18.1 Å². The van der Waals surface area contributed by atoms with Crippen LogP contribution in [0.2, 0.25) is 0 Å². The van der Waals surface area contributed by atoms with E-state index in [9.17, 15) is 9.18 Å². The molecule has 2 bridgehead atoms. The third-order valence-electron chi connectivity index (χ3n) is 5.41. The van der Waals surface area contributed by atoms with Crippen molar-refractivity contribution in [1.29, 1.82) is 0 Å². The molecule has 2 aliphatic heterocycles. The molecule has 0 spiro atoms. The number of rotatable bonds is 4. The van der Waals surface area contributed by atoms with E-state index < -0.39 is 0 Å². The molecule has 8 heteroatoms. The van der Waals surface area contributed by atoms with Gasteiger partial charge in [-0.1, -0.05) is 12.1 Å². The Hall–Kier alpha value is -2.58. The lowest BCUT2D eigenvalue weighted by molar-refractivity contribution is 0.0913. The normalized spacial score (nSPS) is 23.7. The van der Waals surface area contributed by atoms with Gasteiger partial charge in [0.1, 0.15) is 5.82 Å². The van der Waals surface area contributed by atoms with Crippen molar-refractivity contribution in [3.05, 3.63) is 53.4 Å². The summed E-state index contributed by atoms with van der Waals surface area (Å²) in [7, 11) is 0. The number of amides is 1. The van der Waals surface area contributed by atoms with E-state index in [2.05, 4.69) is 20.7 Å². The number of benzene rings is 1. The van der Waals surface area contributed by atoms with Gasteiger partial charge in [-0.3, -0.25) is 4.79 Å². The van der Waals surface area contributed by atoms with Crippen LogP contribution < -0.4 is 10.6 Å². The zero-order valence-electron chi connectivity index (χ0n) is 15.1. The summed E-state index contributed by atoms with van der Waals surface area (Å²) in [4.78, 5) is 18.2. The van der Waals surface area contributed by atoms with Gasteiger partial charge in [-0.05, 0) is 55.3 Å². The van der Waals surface area contributed by atoms with E-state index >= 15 is 0 Å². The van der Waals surface area contributed by atoms with E-state index in [0.717, 1.165) is 17.7 Å². The number of aromatic nitrogens is 3. The first-order chi connectivity index (χ1) is 13.7. The summed E-state index contributed by atoms with van der Waals surface area (Å²) >= 11 is 1.50. The van der Waals surface area contributed by atoms with Crippen molar-refractivity contribution in [3.8, 4) is 16.4 Å². The Morgan fingerprint density at radius 3 is 2.75 bits per heavy atom. The maximum Gasteiger partial charge on any atom is 0.291 e. The second kappa shape index (κ2) is 7.10. The maximum absolute atomic E-state index is 13.7. The largest absolute Gasteiger partial charge is 0.346 e. The second-order valence-corrected chi connectivity index (χ2v) is 8.36. The highest BCUT2D eigenvalue weighted by atomic mass is 32.1. The number of piperidine rings is 1. The minimum absolute atomic E-state index is 0.110. The second-order valence-electron chi connectivity index (χ2n) is 7.41. The molecule has 2 saturated heterocycles. The van der Waals surface area contributed by atoms with Crippen molar-refractivity contribution in [1.82, 2.24) is 25.4 Å². The predicted molar refractivity (Wildman–Crippen MR) is 105 cm³/mol. The third-order valence-corrected chi connectivity index (χ3v) is 6.28. The van der Waals surface area contributed by atoms with Crippen LogP contribution in [0.3, 0.4) is 0 Å². The van der Waals surface area contributed by atoms with E-state index in [1.807, 2.05) is 17.5 Å². The Morgan fingerprint density at radius 2 is 2.04 bits per heavy atom. The van der Waals surface area contributed by atoms with E-state index in [-0.39, 0.29) is 23.6 Å². The fraction of sp³-hybridized carbons (Fsp3) is 0.350. The Morgan fingerprint density at radius 1 is 1.21 bits per heavy atom. The van der Waals surface area contributed by atoms with Crippen molar-refractivity contribution in [2.75, 3.05) is 0 Å². The molecule has 3 aromatic rings. The average molecular weight is 397 g/mol. The summed E-state index contributed by atoms with van der Waals surface area (Å²) < 4.78 is 15.3. The van der Waals surface area contributed by atoms with Crippen molar-refractivity contribution >= 4 is 17.2 Å². The van der Waals surface area contributed by atoms with E-state index in [1.165, 1.54) is 41.0 Å². The number of fused-ring (bicyclic) bond motifs is 2. The topological polar surface area (TPSA) is 71.8 Å². The summed E-state index contributed by atoms with van der Waals surface area (Å²) in [5, 5.41) is 13.0. The van der Waals surface area contributed by atoms with Crippen LogP contribution in [0, 0.1) is 5.82 Å². The van der Waals surface area contributed by atoms with Crippen LogP contribution in [-0.4, -0.2) is 38.8 Å². The van der Waals surface area contributed by atoms with Gasteiger partial charge in [0.25, 0.3) is 5.91 Å². The number of thiophene rings is 1. The molecule has 1 aromatic carbocycles. The molecule has 1 amide bonds. The number of hydrogen-bond donors (Lipinski definition) is 2. The minimum Gasteiger partial charge on any atom is -0.346 e. The van der Waals surface area contributed by atoms with E-state index in [1.54, 1.807) is 12.1 Å². The average Bonchev–Trinajstić information content (AvgIpc) is 3.41. The van der Waals surface area contributed by atoms with Gasteiger partial charge in [-0.2, -0.15) is 0 Å². The van der Waals surface area contributed by atoms with Gasteiger partial charge in [0.2, 0.25) is 5.82 Å². The molecule has 2 atom stereocenters. The first-order valence-corrected chi connectivity index (χ1v) is 10.4. The van der Waals surface area contributed by atoms with Gasteiger partial charge in [-0.15, -0.1) is 16.4 Å². The Bertz CT molecular complexity index is 990. The van der Waals surface area contributed by atoms with Crippen LogP contribution in [-0.2, 0) is 0 Å². The molecular formula is C20H20FN5OS. The van der Waals surface area contributed by atoms with Crippen molar-refractivity contribution in [2.45, 2.75) is 43.8 Å². The number of carbonyl (C=O) groups excluding carboxylic acids is 1. The molecule has 0 saturated carbocycles. The first-order valence-electron chi connectivity index (χ1n) is 9.49. The van der Waals surface area contributed by atoms with Crippen LogP contribution in [0.25, 0.3) is 16.4 Å². The smallest absolute Gasteiger partial charge is 0.291 e. The highest BCUT2D eigenvalue weighted by Gasteiger charge is 2.34. The molecular weight excluding hydrogens is 377 g/mol. The van der Waals surface area contributed by atoms with Crippen molar-refractivity contribution < 1.29 is 9.18 Å². The Kier molecular flexibility index (Phi) is 4.44. The first kappa shape index (κ1) is 17.5. The SMILES string of the molecule is O=C(NC1CC2CCC(C1)N2)c1nc(-c2cccs2)n(-c2cccc(F)c2)n1. The molecule has 2 aliphatic rings. The van der Waals surface area contributed by atoms with Crippen LogP contribution >= 0.6 is 11.3 Å². The van der Waals surface area contributed by atoms with Gasteiger partial charge in [0.15, 0.2) is 5.82 Å². The lowest BCUT2D eigenvalue weighted by atomic mass is 10.00. The molecule has 6 nitrogen and oxygen atoms in total. The van der Waals surface area contributed by atoms with Crippen LogP contribution in [0.4, 0.5) is 4.39 Å². The number of nitrogens with one attached hydrogen (secondary N) is 2. The third kappa shape index (κ3) is 3.33. The summed E-state index contributed by atoms with van der Waals surface area (Å²) in [6.07, 6.45) is 4.22.